The molecule has 0 aromatic heterocycles. The zero-order chi connectivity index (χ0) is 20.8. The van der Waals surface area contributed by atoms with Gasteiger partial charge in [0, 0.05) is 6.42 Å². The Bertz CT molecular complexity index is 626. The lowest BCUT2D eigenvalue weighted by atomic mass is 10.1. The van der Waals surface area contributed by atoms with Crippen LogP contribution in [0.4, 0.5) is 5.69 Å². The lowest BCUT2D eigenvalue weighted by Gasteiger charge is -2.12. The maximum absolute atomic E-state index is 12.0. The normalized spacial score (nSPS) is 10.7. The van der Waals surface area contributed by atoms with Crippen LogP contribution in [-0.4, -0.2) is 11.0 Å². The predicted molar refractivity (Wildman–Crippen MR) is 127 cm³/mol. The highest BCUT2D eigenvalue weighted by molar-refractivity contribution is 7.80. The van der Waals surface area contributed by atoms with E-state index < -0.39 is 0 Å². The van der Waals surface area contributed by atoms with Gasteiger partial charge in [0.1, 0.15) is 0 Å². The Kier molecular flexibility index (Phi) is 13.9. The van der Waals surface area contributed by atoms with Gasteiger partial charge in [-0.05, 0) is 30.8 Å². The summed E-state index contributed by atoms with van der Waals surface area (Å²) in [7, 11) is 0. The summed E-state index contributed by atoms with van der Waals surface area (Å²) in [6, 6.07) is 3.11. The SMILES string of the molecule is CCCCCCCCCCCCCC(=O)NC(=S)Nc1cc(Cl)c(Cl)cc1Cl. The molecule has 28 heavy (non-hydrogen) atoms. The Labute approximate surface area is 189 Å². The van der Waals surface area contributed by atoms with E-state index in [1.165, 1.54) is 63.9 Å². The molecule has 0 radical (unpaired) electrons. The fraction of sp³-hybridized carbons (Fsp3) is 0.619. The van der Waals surface area contributed by atoms with E-state index in [4.69, 9.17) is 47.0 Å². The van der Waals surface area contributed by atoms with Crippen molar-refractivity contribution in [1.29, 1.82) is 0 Å². The van der Waals surface area contributed by atoms with E-state index in [0.29, 0.717) is 27.2 Å². The third-order valence-corrected chi connectivity index (χ3v) is 5.76. The summed E-state index contributed by atoms with van der Waals surface area (Å²) in [4.78, 5) is 12.0. The summed E-state index contributed by atoms with van der Waals surface area (Å²) in [6.45, 7) is 2.25. The number of amides is 1. The average molecular weight is 466 g/mol. The molecule has 0 aliphatic heterocycles. The molecule has 158 valence electrons. The first-order chi connectivity index (χ1) is 13.4. The second-order valence-electron chi connectivity index (χ2n) is 7.03. The predicted octanol–water partition coefficient (Wildman–Crippen LogP) is 8.16. The minimum atomic E-state index is -0.0930. The number of benzene rings is 1. The average Bonchev–Trinajstić information content (AvgIpc) is 2.64. The molecule has 0 saturated carbocycles. The molecule has 1 aromatic rings. The lowest BCUT2D eigenvalue weighted by molar-refractivity contribution is -0.119. The van der Waals surface area contributed by atoms with Crippen LogP contribution in [0.2, 0.25) is 15.1 Å². The molecule has 0 heterocycles. The van der Waals surface area contributed by atoms with Crippen molar-refractivity contribution in [3.8, 4) is 0 Å². The van der Waals surface area contributed by atoms with Crippen LogP contribution in [-0.2, 0) is 4.79 Å². The lowest BCUT2D eigenvalue weighted by Crippen LogP contribution is -2.34. The van der Waals surface area contributed by atoms with Gasteiger partial charge in [0.25, 0.3) is 0 Å². The van der Waals surface area contributed by atoms with Gasteiger partial charge in [-0.15, -0.1) is 0 Å². The molecule has 0 saturated heterocycles. The minimum Gasteiger partial charge on any atom is -0.331 e. The van der Waals surface area contributed by atoms with E-state index in [1.807, 2.05) is 0 Å². The molecule has 1 aromatic carbocycles. The van der Waals surface area contributed by atoms with Crippen LogP contribution in [0.3, 0.4) is 0 Å². The van der Waals surface area contributed by atoms with E-state index in [0.717, 1.165) is 12.8 Å². The maximum atomic E-state index is 12.0. The van der Waals surface area contributed by atoms with Crippen LogP contribution in [0, 0.1) is 0 Å². The van der Waals surface area contributed by atoms with Gasteiger partial charge < -0.3 is 10.6 Å². The van der Waals surface area contributed by atoms with Crippen molar-refractivity contribution in [3.05, 3.63) is 27.2 Å². The van der Waals surface area contributed by atoms with Gasteiger partial charge in [-0.3, -0.25) is 4.79 Å². The molecular formula is C21H31Cl3N2OS. The third-order valence-electron chi connectivity index (χ3n) is 4.52. The van der Waals surface area contributed by atoms with E-state index in [-0.39, 0.29) is 11.0 Å². The van der Waals surface area contributed by atoms with E-state index in [2.05, 4.69) is 17.6 Å². The van der Waals surface area contributed by atoms with Crippen molar-refractivity contribution >= 4 is 63.7 Å². The number of thiocarbonyl (C=S) groups is 1. The van der Waals surface area contributed by atoms with Gasteiger partial charge in [0.15, 0.2) is 5.11 Å². The van der Waals surface area contributed by atoms with Crippen LogP contribution < -0.4 is 10.6 Å². The summed E-state index contributed by atoms with van der Waals surface area (Å²) in [5.74, 6) is -0.0930. The molecule has 1 amide bonds. The van der Waals surface area contributed by atoms with Crippen molar-refractivity contribution in [3.63, 3.8) is 0 Å². The van der Waals surface area contributed by atoms with Gasteiger partial charge in [0.2, 0.25) is 5.91 Å². The van der Waals surface area contributed by atoms with Crippen molar-refractivity contribution in [1.82, 2.24) is 5.32 Å². The Balaban J connectivity index is 2.09. The second-order valence-corrected chi connectivity index (χ2v) is 8.66. The smallest absolute Gasteiger partial charge is 0.226 e. The molecular weight excluding hydrogens is 435 g/mol. The fourth-order valence-corrected chi connectivity index (χ4v) is 3.73. The number of hydrogen-bond acceptors (Lipinski definition) is 2. The zero-order valence-corrected chi connectivity index (χ0v) is 19.7. The van der Waals surface area contributed by atoms with Crippen molar-refractivity contribution in [2.24, 2.45) is 0 Å². The Hall–Kier alpha value is -0.550. The number of hydrogen-bond donors (Lipinski definition) is 2. The monoisotopic (exact) mass is 464 g/mol. The molecule has 0 spiro atoms. The molecule has 0 atom stereocenters. The Morgan fingerprint density at radius 1 is 0.821 bits per heavy atom. The highest BCUT2D eigenvalue weighted by Crippen LogP contribution is 2.32. The first-order valence-corrected chi connectivity index (χ1v) is 11.7. The molecule has 2 N–H and O–H groups in total. The van der Waals surface area contributed by atoms with Crippen LogP contribution in [0.5, 0.6) is 0 Å². The highest BCUT2D eigenvalue weighted by Gasteiger charge is 2.09. The quantitative estimate of drug-likeness (QED) is 0.175. The number of carbonyl (C=O) groups is 1. The summed E-state index contributed by atoms with van der Waals surface area (Å²) in [5, 5.41) is 6.87. The number of unbranched alkanes of at least 4 members (excludes halogenated alkanes) is 10. The molecule has 7 heteroatoms. The summed E-state index contributed by atoms with van der Waals surface area (Å²) in [6.07, 6.45) is 14.3. The van der Waals surface area contributed by atoms with Crippen molar-refractivity contribution in [2.75, 3.05) is 5.32 Å². The van der Waals surface area contributed by atoms with E-state index in [9.17, 15) is 4.79 Å². The number of anilines is 1. The van der Waals surface area contributed by atoms with Crippen molar-refractivity contribution in [2.45, 2.75) is 84.0 Å². The Morgan fingerprint density at radius 2 is 1.32 bits per heavy atom. The molecule has 0 aliphatic carbocycles. The van der Waals surface area contributed by atoms with Gasteiger partial charge in [-0.1, -0.05) is 106 Å². The maximum Gasteiger partial charge on any atom is 0.226 e. The molecule has 3 nitrogen and oxygen atoms in total. The first-order valence-electron chi connectivity index (χ1n) is 10.2. The topological polar surface area (TPSA) is 41.1 Å². The van der Waals surface area contributed by atoms with Crippen LogP contribution in [0.1, 0.15) is 84.0 Å². The number of halogens is 3. The Morgan fingerprint density at radius 3 is 1.89 bits per heavy atom. The molecule has 0 bridgehead atoms. The van der Waals surface area contributed by atoms with Crippen LogP contribution in [0.15, 0.2) is 12.1 Å². The minimum absolute atomic E-state index is 0.0930. The molecule has 0 aliphatic rings. The highest BCUT2D eigenvalue weighted by atomic mass is 35.5. The van der Waals surface area contributed by atoms with Gasteiger partial charge in [0.05, 0.1) is 20.8 Å². The van der Waals surface area contributed by atoms with E-state index >= 15 is 0 Å². The second kappa shape index (κ2) is 15.3. The summed E-state index contributed by atoms with van der Waals surface area (Å²) >= 11 is 23.1. The standard InChI is InChI=1S/C21H31Cl3N2OS/c1-2-3-4-5-6-7-8-9-10-11-12-13-20(27)26-21(28)25-19-15-17(23)16(22)14-18(19)24/h14-15H,2-13H2,1H3,(H2,25,26,27,28). The van der Waals surface area contributed by atoms with Gasteiger partial charge >= 0.3 is 0 Å². The molecule has 0 fully saturated rings. The van der Waals surface area contributed by atoms with E-state index in [1.54, 1.807) is 6.07 Å². The number of carbonyl (C=O) groups excluding carboxylic acids is 1. The van der Waals surface area contributed by atoms with Crippen molar-refractivity contribution < 1.29 is 4.79 Å². The summed E-state index contributed by atoms with van der Waals surface area (Å²) in [5.41, 5.74) is 0.510. The van der Waals surface area contributed by atoms with Gasteiger partial charge in [-0.25, -0.2) is 0 Å². The number of rotatable bonds is 13. The first kappa shape index (κ1) is 25.5. The van der Waals surface area contributed by atoms with Crippen LogP contribution in [0.25, 0.3) is 0 Å². The molecule has 0 unspecified atom stereocenters. The van der Waals surface area contributed by atoms with Crippen LogP contribution >= 0.6 is 47.0 Å². The molecule has 1 rings (SSSR count). The fourth-order valence-electron chi connectivity index (χ4n) is 2.91. The third kappa shape index (κ3) is 11.5. The van der Waals surface area contributed by atoms with Gasteiger partial charge in [-0.2, -0.15) is 0 Å². The number of nitrogens with one attached hydrogen (secondary N) is 2. The largest absolute Gasteiger partial charge is 0.331 e. The zero-order valence-electron chi connectivity index (χ0n) is 16.6. The summed E-state index contributed by atoms with van der Waals surface area (Å²) < 4.78 is 0.